The third-order valence-electron chi connectivity index (χ3n) is 3.85. The number of aliphatic carboxylic acids is 1. The molecule has 126 valence electrons. The van der Waals surface area contributed by atoms with Gasteiger partial charge in [-0.2, -0.15) is 0 Å². The van der Waals surface area contributed by atoms with E-state index in [4.69, 9.17) is 17.3 Å². The summed E-state index contributed by atoms with van der Waals surface area (Å²) in [5.41, 5.74) is 6.77. The quantitative estimate of drug-likeness (QED) is 0.534. The van der Waals surface area contributed by atoms with Crippen LogP contribution in [0.15, 0.2) is 35.0 Å². The summed E-state index contributed by atoms with van der Waals surface area (Å²) in [6.45, 7) is 0. The molecule has 9 heteroatoms. The summed E-state index contributed by atoms with van der Waals surface area (Å²) < 4.78 is 0. The standard InChI is InChI=1S/C15H14ClN3O4S/c16-8-6-24-14-11(13(21)19(14)12(8)15(22)23)18-10(20)5-7-3-1-2-4-9(7)17/h1-4,11,14H,5-6,17H2,(H,18,20)(H,22,23)/t11-,14-/m1/s1. The molecule has 0 spiro atoms. The van der Waals surface area contributed by atoms with Crippen molar-refractivity contribution in [2.45, 2.75) is 17.8 Å². The van der Waals surface area contributed by atoms with Crippen molar-refractivity contribution < 1.29 is 19.5 Å². The van der Waals surface area contributed by atoms with Crippen LogP contribution in [-0.4, -0.2) is 45.0 Å². The predicted octanol–water partition coefficient (Wildman–Crippen LogP) is 0.746. The summed E-state index contributed by atoms with van der Waals surface area (Å²) in [6, 6.07) is 6.22. The van der Waals surface area contributed by atoms with Gasteiger partial charge in [0.25, 0.3) is 5.91 Å². The molecule has 2 aliphatic rings. The zero-order chi connectivity index (χ0) is 17.4. The SMILES string of the molecule is Nc1ccccc1CC(=O)N[C@@H]1C(=O)N2C(C(=O)O)=C(Cl)CS[C@H]12. The largest absolute Gasteiger partial charge is 0.477 e. The number of benzene rings is 1. The van der Waals surface area contributed by atoms with E-state index in [1.165, 1.54) is 11.8 Å². The topological polar surface area (TPSA) is 113 Å². The zero-order valence-corrected chi connectivity index (χ0v) is 13.9. The molecule has 24 heavy (non-hydrogen) atoms. The molecule has 1 aromatic carbocycles. The van der Waals surface area contributed by atoms with Gasteiger partial charge in [-0.25, -0.2) is 4.79 Å². The molecule has 2 aliphatic heterocycles. The maximum atomic E-state index is 12.2. The number of hydrogen-bond donors (Lipinski definition) is 3. The minimum Gasteiger partial charge on any atom is -0.477 e. The van der Waals surface area contributed by atoms with Gasteiger partial charge in [0, 0.05) is 11.4 Å². The summed E-state index contributed by atoms with van der Waals surface area (Å²) in [6.07, 6.45) is 0.0518. The number of carboxylic acid groups (broad SMARTS) is 1. The van der Waals surface area contributed by atoms with Crippen molar-refractivity contribution in [3.63, 3.8) is 0 Å². The van der Waals surface area contributed by atoms with Gasteiger partial charge in [0.2, 0.25) is 5.91 Å². The molecule has 0 bridgehead atoms. The Labute approximate surface area is 146 Å². The van der Waals surface area contributed by atoms with Crippen LogP contribution in [0.1, 0.15) is 5.56 Å². The molecule has 2 atom stereocenters. The molecule has 0 radical (unpaired) electrons. The van der Waals surface area contributed by atoms with Crippen LogP contribution in [0, 0.1) is 0 Å². The van der Waals surface area contributed by atoms with E-state index >= 15 is 0 Å². The molecule has 7 nitrogen and oxygen atoms in total. The van der Waals surface area contributed by atoms with Crippen molar-refractivity contribution >= 4 is 46.8 Å². The van der Waals surface area contributed by atoms with Crippen LogP contribution >= 0.6 is 23.4 Å². The highest BCUT2D eigenvalue weighted by Gasteiger charge is 2.54. The molecule has 0 aromatic heterocycles. The van der Waals surface area contributed by atoms with Gasteiger partial charge in [-0.05, 0) is 11.6 Å². The number of hydrogen-bond acceptors (Lipinski definition) is 5. The van der Waals surface area contributed by atoms with E-state index < -0.39 is 23.3 Å². The van der Waals surface area contributed by atoms with Crippen molar-refractivity contribution in [1.29, 1.82) is 0 Å². The number of halogens is 1. The van der Waals surface area contributed by atoms with Crippen molar-refractivity contribution in [2.24, 2.45) is 0 Å². The number of para-hydroxylation sites is 1. The minimum atomic E-state index is -1.25. The number of anilines is 1. The molecular formula is C15H14ClN3O4S. The Kier molecular flexibility index (Phi) is 4.42. The number of carbonyl (C=O) groups excluding carboxylic acids is 2. The third kappa shape index (κ3) is 2.83. The number of nitrogens with two attached hydrogens (primary N) is 1. The van der Waals surface area contributed by atoms with Crippen LogP contribution < -0.4 is 11.1 Å². The van der Waals surface area contributed by atoms with Gasteiger partial charge in [-0.15, -0.1) is 11.8 Å². The van der Waals surface area contributed by atoms with E-state index in [9.17, 15) is 19.5 Å². The number of amides is 2. The molecule has 3 rings (SSSR count). The van der Waals surface area contributed by atoms with Crippen molar-refractivity contribution in [1.82, 2.24) is 10.2 Å². The number of nitrogens with zero attached hydrogens (tertiary/aromatic N) is 1. The predicted molar refractivity (Wildman–Crippen MR) is 90.1 cm³/mol. The number of nitrogens with one attached hydrogen (secondary N) is 1. The molecule has 4 N–H and O–H groups in total. The number of β-lactam (4-membered cyclic amide) rings is 1. The van der Waals surface area contributed by atoms with Crippen LogP contribution in [0.3, 0.4) is 0 Å². The summed E-state index contributed by atoms with van der Waals surface area (Å²) >= 11 is 7.22. The Morgan fingerprint density at radius 2 is 2.12 bits per heavy atom. The number of thioether (sulfide) groups is 1. The fraction of sp³-hybridized carbons (Fsp3) is 0.267. The Morgan fingerprint density at radius 1 is 1.42 bits per heavy atom. The number of carboxylic acids is 1. The van der Waals surface area contributed by atoms with Gasteiger partial charge < -0.3 is 16.2 Å². The molecule has 1 fully saturated rings. The van der Waals surface area contributed by atoms with Gasteiger partial charge in [-0.1, -0.05) is 29.8 Å². The molecule has 1 saturated heterocycles. The molecule has 0 aliphatic carbocycles. The fourth-order valence-corrected chi connectivity index (χ4v) is 4.22. The van der Waals surface area contributed by atoms with E-state index in [0.29, 0.717) is 11.3 Å². The van der Waals surface area contributed by atoms with Gasteiger partial charge in [0.1, 0.15) is 17.1 Å². The zero-order valence-electron chi connectivity index (χ0n) is 12.4. The van der Waals surface area contributed by atoms with E-state index in [1.807, 2.05) is 0 Å². The Bertz CT molecular complexity index is 767. The normalized spacial score (nSPS) is 22.7. The van der Waals surface area contributed by atoms with Crippen molar-refractivity contribution in [2.75, 3.05) is 11.5 Å². The second-order valence-corrected chi connectivity index (χ2v) is 6.95. The number of fused-ring (bicyclic) bond motifs is 1. The van der Waals surface area contributed by atoms with E-state index in [1.54, 1.807) is 24.3 Å². The Hall–Kier alpha value is -2.19. The molecule has 0 saturated carbocycles. The van der Waals surface area contributed by atoms with Gasteiger partial charge >= 0.3 is 5.97 Å². The smallest absolute Gasteiger partial charge is 0.353 e. The lowest BCUT2D eigenvalue weighted by molar-refractivity contribution is -0.150. The Morgan fingerprint density at radius 3 is 2.79 bits per heavy atom. The highest BCUT2D eigenvalue weighted by atomic mass is 35.5. The monoisotopic (exact) mass is 367 g/mol. The van der Waals surface area contributed by atoms with Crippen LogP contribution in [-0.2, 0) is 20.8 Å². The maximum absolute atomic E-state index is 12.2. The maximum Gasteiger partial charge on any atom is 0.353 e. The molecule has 1 aromatic rings. The van der Waals surface area contributed by atoms with Crippen LogP contribution in [0.5, 0.6) is 0 Å². The fourth-order valence-electron chi connectivity index (χ4n) is 2.67. The van der Waals surface area contributed by atoms with E-state index in [2.05, 4.69) is 5.32 Å². The summed E-state index contributed by atoms with van der Waals surface area (Å²) in [5.74, 6) is -1.78. The van der Waals surface area contributed by atoms with Crippen molar-refractivity contribution in [3.05, 3.63) is 40.6 Å². The molecule has 2 amide bonds. The first-order valence-electron chi connectivity index (χ1n) is 7.09. The van der Waals surface area contributed by atoms with Crippen LogP contribution in [0.25, 0.3) is 0 Å². The number of carbonyl (C=O) groups is 3. The highest BCUT2D eigenvalue weighted by Crippen LogP contribution is 2.41. The lowest BCUT2D eigenvalue weighted by Gasteiger charge is -2.48. The second kappa shape index (κ2) is 6.37. The lowest BCUT2D eigenvalue weighted by atomic mass is 10.0. The average Bonchev–Trinajstić information content (AvgIpc) is 2.54. The first kappa shape index (κ1) is 16.7. The number of nitrogen functional groups attached to an aromatic ring is 1. The summed E-state index contributed by atoms with van der Waals surface area (Å²) in [5, 5.41) is 11.5. The molecule has 2 heterocycles. The number of rotatable bonds is 4. The molecule has 0 unspecified atom stereocenters. The van der Waals surface area contributed by atoms with Gasteiger partial charge in [-0.3, -0.25) is 14.5 Å². The lowest BCUT2D eigenvalue weighted by Crippen LogP contribution is -2.70. The first-order valence-corrected chi connectivity index (χ1v) is 8.52. The van der Waals surface area contributed by atoms with Crippen LogP contribution in [0.2, 0.25) is 0 Å². The second-order valence-electron chi connectivity index (χ2n) is 5.39. The summed E-state index contributed by atoms with van der Waals surface area (Å²) in [7, 11) is 0. The third-order valence-corrected chi connectivity index (χ3v) is 5.60. The first-order chi connectivity index (χ1) is 11.4. The van der Waals surface area contributed by atoms with Gasteiger partial charge in [0.05, 0.1) is 11.5 Å². The van der Waals surface area contributed by atoms with Gasteiger partial charge in [0.15, 0.2) is 0 Å². The summed E-state index contributed by atoms with van der Waals surface area (Å²) in [4.78, 5) is 36.8. The Balaban J connectivity index is 1.68. The molecular weight excluding hydrogens is 354 g/mol. The van der Waals surface area contributed by atoms with Crippen LogP contribution in [0.4, 0.5) is 5.69 Å². The van der Waals surface area contributed by atoms with E-state index in [-0.39, 0.29) is 28.8 Å². The highest BCUT2D eigenvalue weighted by molar-refractivity contribution is 8.00. The average molecular weight is 368 g/mol. The van der Waals surface area contributed by atoms with E-state index in [0.717, 1.165) is 4.90 Å². The minimum absolute atomic E-state index is 0.0518. The van der Waals surface area contributed by atoms with Crippen molar-refractivity contribution in [3.8, 4) is 0 Å².